The second-order valence-corrected chi connectivity index (χ2v) is 6.61. The Balaban J connectivity index is 2.03. The van der Waals surface area contributed by atoms with Gasteiger partial charge in [0.25, 0.3) is 5.56 Å². The van der Waals surface area contributed by atoms with E-state index in [0.717, 1.165) is 16.5 Å². The molecular weight excluding hydrogens is 331 g/mol. The lowest BCUT2D eigenvalue weighted by molar-refractivity contribution is 0.0967. The Morgan fingerprint density at radius 3 is 2.83 bits per heavy atom. The van der Waals surface area contributed by atoms with E-state index in [1.807, 2.05) is 13.8 Å². The van der Waals surface area contributed by atoms with E-state index in [9.17, 15) is 14.0 Å². The highest BCUT2D eigenvalue weighted by Crippen LogP contribution is 2.25. The second-order valence-electron chi connectivity index (χ2n) is 5.41. The molecule has 5 nitrogen and oxygen atoms in total. The molecule has 0 N–H and O–H groups in total. The van der Waals surface area contributed by atoms with Crippen molar-refractivity contribution < 1.29 is 13.9 Å². The van der Waals surface area contributed by atoms with Gasteiger partial charge in [0.2, 0.25) is 0 Å². The minimum absolute atomic E-state index is 0.0997. The fourth-order valence-corrected chi connectivity index (χ4v) is 3.51. The standard InChI is InChI=1S/C17H15FN2O3S/c1-9-10(2)24-16-15(9)17(22)20(8-19-16)7-13(21)12-6-11(18)4-5-14(12)23-3/h4-6,8H,7H2,1-3H3. The number of thiophene rings is 1. The average molecular weight is 346 g/mol. The van der Waals surface area contributed by atoms with Crippen molar-refractivity contribution >= 4 is 27.3 Å². The van der Waals surface area contributed by atoms with Crippen LogP contribution in [0.5, 0.6) is 5.75 Å². The maximum Gasteiger partial charge on any atom is 0.262 e. The fourth-order valence-electron chi connectivity index (χ4n) is 2.52. The van der Waals surface area contributed by atoms with E-state index in [-0.39, 0.29) is 23.4 Å². The third kappa shape index (κ3) is 2.71. The van der Waals surface area contributed by atoms with Gasteiger partial charge in [-0.25, -0.2) is 9.37 Å². The summed E-state index contributed by atoms with van der Waals surface area (Å²) in [5.41, 5.74) is 0.700. The molecule has 0 bridgehead atoms. The predicted molar refractivity (Wildman–Crippen MR) is 90.6 cm³/mol. The van der Waals surface area contributed by atoms with Crippen molar-refractivity contribution in [3.8, 4) is 5.75 Å². The van der Waals surface area contributed by atoms with E-state index in [0.29, 0.717) is 10.2 Å². The minimum atomic E-state index is -0.538. The van der Waals surface area contributed by atoms with Crippen molar-refractivity contribution in [2.75, 3.05) is 7.11 Å². The molecule has 0 aliphatic carbocycles. The lowest BCUT2D eigenvalue weighted by atomic mass is 10.1. The van der Waals surface area contributed by atoms with Gasteiger partial charge in [0.1, 0.15) is 16.4 Å². The van der Waals surface area contributed by atoms with Crippen LogP contribution < -0.4 is 10.3 Å². The topological polar surface area (TPSA) is 61.2 Å². The highest BCUT2D eigenvalue weighted by atomic mass is 32.1. The van der Waals surface area contributed by atoms with Crippen molar-refractivity contribution in [1.82, 2.24) is 9.55 Å². The summed E-state index contributed by atoms with van der Waals surface area (Å²) in [6, 6.07) is 3.71. The van der Waals surface area contributed by atoms with Gasteiger partial charge in [0, 0.05) is 4.88 Å². The summed E-state index contributed by atoms with van der Waals surface area (Å²) in [4.78, 5) is 31.0. The number of hydrogen-bond donors (Lipinski definition) is 0. The number of hydrogen-bond acceptors (Lipinski definition) is 5. The lowest BCUT2D eigenvalue weighted by Crippen LogP contribution is -2.25. The molecule has 0 radical (unpaired) electrons. The molecule has 3 aromatic rings. The van der Waals surface area contributed by atoms with Crippen LogP contribution in [0.3, 0.4) is 0 Å². The van der Waals surface area contributed by atoms with E-state index < -0.39 is 11.6 Å². The molecule has 0 saturated carbocycles. The summed E-state index contributed by atoms with van der Waals surface area (Å²) in [6.45, 7) is 3.56. The number of ether oxygens (including phenoxy) is 1. The number of Topliss-reactive ketones (excluding diaryl/α,β-unsaturated/α-hetero) is 1. The summed E-state index contributed by atoms with van der Waals surface area (Å²) in [5.74, 6) is -0.686. The van der Waals surface area contributed by atoms with Crippen LogP contribution in [0.2, 0.25) is 0 Å². The van der Waals surface area contributed by atoms with E-state index in [2.05, 4.69) is 4.98 Å². The lowest BCUT2D eigenvalue weighted by Gasteiger charge is -2.09. The van der Waals surface area contributed by atoms with Crippen molar-refractivity contribution in [3.05, 3.63) is 56.7 Å². The van der Waals surface area contributed by atoms with Gasteiger partial charge in [-0.15, -0.1) is 11.3 Å². The van der Waals surface area contributed by atoms with Crippen LogP contribution in [0.1, 0.15) is 20.8 Å². The van der Waals surface area contributed by atoms with Crippen LogP contribution in [0.15, 0.2) is 29.3 Å². The van der Waals surface area contributed by atoms with E-state index in [4.69, 9.17) is 4.74 Å². The van der Waals surface area contributed by atoms with Gasteiger partial charge in [-0.2, -0.15) is 0 Å². The number of halogens is 1. The first-order valence-electron chi connectivity index (χ1n) is 7.24. The Morgan fingerprint density at radius 1 is 1.38 bits per heavy atom. The zero-order valence-corrected chi connectivity index (χ0v) is 14.2. The molecule has 24 heavy (non-hydrogen) atoms. The van der Waals surface area contributed by atoms with Crippen LogP contribution >= 0.6 is 11.3 Å². The van der Waals surface area contributed by atoms with Crippen LogP contribution in [0, 0.1) is 19.7 Å². The molecular formula is C17H15FN2O3S. The molecule has 0 spiro atoms. The number of aryl methyl sites for hydroxylation is 2. The Kier molecular flexibility index (Phi) is 4.19. The van der Waals surface area contributed by atoms with Crippen LogP contribution in [0.25, 0.3) is 10.2 Å². The Bertz CT molecular complexity index is 1010. The molecule has 0 fully saturated rings. The van der Waals surface area contributed by atoms with Crippen LogP contribution in [0.4, 0.5) is 4.39 Å². The van der Waals surface area contributed by atoms with Gasteiger partial charge in [0.15, 0.2) is 5.78 Å². The summed E-state index contributed by atoms with van der Waals surface area (Å²) < 4.78 is 19.8. The maximum absolute atomic E-state index is 13.4. The fraction of sp³-hybridized carbons (Fsp3) is 0.235. The summed E-state index contributed by atoms with van der Waals surface area (Å²) in [7, 11) is 1.40. The first-order valence-corrected chi connectivity index (χ1v) is 8.06. The SMILES string of the molecule is COc1ccc(F)cc1C(=O)Cn1cnc2sc(C)c(C)c2c1=O. The first-order chi connectivity index (χ1) is 11.4. The van der Waals surface area contributed by atoms with E-state index in [1.165, 1.54) is 41.5 Å². The van der Waals surface area contributed by atoms with Crippen molar-refractivity contribution in [3.63, 3.8) is 0 Å². The summed E-state index contributed by atoms with van der Waals surface area (Å²) in [6.07, 6.45) is 1.35. The first kappa shape index (κ1) is 16.3. The second kappa shape index (κ2) is 6.16. The number of nitrogens with zero attached hydrogens (tertiary/aromatic N) is 2. The number of aromatic nitrogens is 2. The predicted octanol–water partition coefficient (Wildman–Crippen LogP) is 3.11. The van der Waals surface area contributed by atoms with Gasteiger partial charge >= 0.3 is 0 Å². The van der Waals surface area contributed by atoms with Gasteiger partial charge in [-0.1, -0.05) is 0 Å². The highest BCUT2D eigenvalue weighted by molar-refractivity contribution is 7.18. The largest absolute Gasteiger partial charge is 0.496 e. The molecule has 7 heteroatoms. The third-order valence-corrected chi connectivity index (χ3v) is 5.05. The highest BCUT2D eigenvalue weighted by Gasteiger charge is 2.17. The molecule has 0 atom stereocenters. The smallest absolute Gasteiger partial charge is 0.262 e. The molecule has 1 aromatic carbocycles. The molecule has 2 aromatic heterocycles. The molecule has 0 amide bonds. The number of rotatable bonds is 4. The normalized spacial score (nSPS) is 11.0. The summed E-state index contributed by atoms with van der Waals surface area (Å²) >= 11 is 1.45. The average Bonchev–Trinajstić information content (AvgIpc) is 2.85. The van der Waals surface area contributed by atoms with E-state index >= 15 is 0 Å². The zero-order chi connectivity index (χ0) is 17.4. The molecule has 124 valence electrons. The number of methoxy groups -OCH3 is 1. The maximum atomic E-state index is 13.4. The molecule has 0 unspecified atom stereocenters. The molecule has 2 heterocycles. The number of ketones is 1. The monoisotopic (exact) mass is 346 g/mol. The van der Waals surface area contributed by atoms with Gasteiger partial charge in [0.05, 0.1) is 30.9 Å². The Labute approximate surface area is 141 Å². The molecule has 3 rings (SSSR count). The van der Waals surface area contributed by atoms with Gasteiger partial charge < -0.3 is 4.74 Å². The summed E-state index contributed by atoms with van der Waals surface area (Å²) in [5, 5.41) is 0.527. The van der Waals surface area contributed by atoms with Gasteiger partial charge in [-0.3, -0.25) is 14.2 Å². The number of benzene rings is 1. The number of carbonyl (C=O) groups is 1. The van der Waals surface area contributed by atoms with Crippen molar-refractivity contribution in [2.45, 2.75) is 20.4 Å². The third-order valence-electron chi connectivity index (χ3n) is 3.93. The molecule has 0 aliphatic rings. The van der Waals surface area contributed by atoms with E-state index in [1.54, 1.807) is 0 Å². The van der Waals surface area contributed by atoms with Crippen molar-refractivity contribution in [1.29, 1.82) is 0 Å². The molecule has 0 aliphatic heterocycles. The number of fused-ring (bicyclic) bond motifs is 1. The molecule has 0 saturated heterocycles. The quantitative estimate of drug-likeness (QED) is 0.681. The number of carbonyl (C=O) groups excluding carboxylic acids is 1. The van der Waals surface area contributed by atoms with Crippen LogP contribution in [-0.2, 0) is 6.54 Å². The minimum Gasteiger partial charge on any atom is -0.496 e. The Hall–Kier alpha value is -2.54. The zero-order valence-electron chi connectivity index (χ0n) is 13.4. The van der Waals surface area contributed by atoms with Crippen LogP contribution in [-0.4, -0.2) is 22.4 Å². The van der Waals surface area contributed by atoms with Crippen molar-refractivity contribution in [2.24, 2.45) is 0 Å². The Morgan fingerprint density at radius 2 is 2.12 bits per heavy atom. The van der Waals surface area contributed by atoms with Gasteiger partial charge in [-0.05, 0) is 37.6 Å².